The third kappa shape index (κ3) is 2.67. The van der Waals surface area contributed by atoms with Gasteiger partial charge in [0.2, 0.25) is 11.8 Å². The molecule has 114 valence electrons. The highest BCUT2D eigenvalue weighted by molar-refractivity contribution is 6.03. The minimum atomic E-state index is -0.829. The second-order valence-electron chi connectivity index (χ2n) is 4.98. The second kappa shape index (κ2) is 5.55. The number of nitrogens with one attached hydrogen (secondary N) is 2. The fourth-order valence-corrected chi connectivity index (χ4v) is 2.38. The number of nitrogens with zero attached hydrogens (tertiary/aromatic N) is 2. The molecule has 0 unspecified atom stereocenters. The van der Waals surface area contributed by atoms with E-state index in [1.807, 2.05) is 0 Å². The summed E-state index contributed by atoms with van der Waals surface area (Å²) in [6, 6.07) is 2.98. The first-order valence-electron chi connectivity index (χ1n) is 6.59. The van der Waals surface area contributed by atoms with Crippen LogP contribution in [-0.2, 0) is 9.59 Å². The predicted molar refractivity (Wildman–Crippen MR) is 74.0 cm³/mol. The number of halogens is 2. The van der Waals surface area contributed by atoms with Crippen molar-refractivity contribution in [3.05, 3.63) is 42.2 Å². The highest BCUT2D eigenvalue weighted by Gasteiger charge is 2.36. The van der Waals surface area contributed by atoms with E-state index in [1.54, 1.807) is 0 Å². The van der Waals surface area contributed by atoms with Crippen molar-refractivity contribution in [1.29, 1.82) is 0 Å². The van der Waals surface area contributed by atoms with Gasteiger partial charge in [-0.2, -0.15) is 5.10 Å². The summed E-state index contributed by atoms with van der Waals surface area (Å²) in [6.45, 7) is 0.0467. The van der Waals surface area contributed by atoms with Gasteiger partial charge in [0.25, 0.3) is 0 Å². The normalized spacial score (nSPS) is 17.8. The van der Waals surface area contributed by atoms with Crippen LogP contribution in [0.1, 0.15) is 6.42 Å². The molecule has 2 heterocycles. The number of hydrogen-bond donors (Lipinski definition) is 2. The molecule has 1 aromatic carbocycles. The molecule has 2 amide bonds. The molecule has 1 aromatic heterocycles. The zero-order valence-corrected chi connectivity index (χ0v) is 11.3. The Kier molecular flexibility index (Phi) is 3.58. The lowest BCUT2D eigenvalue weighted by Crippen LogP contribution is -2.28. The Morgan fingerprint density at radius 2 is 2.23 bits per heavy atom. The number of amides is 2. The molecule has 1 aliphatic rings. The largest absolute Gasteiger partial charge is 0.323 e. The Hall–Kier alpha value is -2.77. The van der Waals surface area contributed by atoms with E-state index >= 15 is 0 Å². The third-order valence-electron chi connectivity index (χ3n) is 3.46. The monoisotopic (exact) mass is 306 g/mol. The second-order valence-corrected chi connectivity index (χ2v) is 4.98. The topological polar surface area (TPSA) is 78.1 Å². The highest BCUT2D eigenvalue weighted by Crippen LogP contribution is 2.28. The van der Waals surface area contributed by atoms with Crippen molar-refractivity contribution in [3.63, 3.8) is 0 Å². The maximum Gasteiger partial charge on any atom is 0.229 e. The summed E-state index contributed by atoms with van der Waals surface area (Å²) in [7, 11) is 0. The van der Waals surface area contributed by atoms with Crippen LogP contribution in [0.3, 0.4) is 0 Å². The molecule has 1 fully saturated rings. The van der Waals surface area contributed by atoms with Crippen LogP contribution in [0.2, 0.25) is 0 Å². The standard InChI is InChI=1S/C14H12F2N4O2/c15-9-1-2-12(11(16)4-9)20-7-8(3-13(20)21)14(22)19-10-5-17-18-6-10/h1-2,4-6,8H,3,7H2,(H,17,18)(H,19,22)/t8-/m0/s1. The van der Waals surface area contributed by atoms with Gasteiger partial charge < -0.3 is 10.2 Å². The van der Waals surface area contributed by atoms with E-state index in [-0.39, 0.29) is 30.5 Å². The van der Waals surface area contributed by atoms with Gasteiger partial charge in [0.05, 0.1) is 23.5 Å². The lowest BCUT2D eigenvalue weighted by molar-refractivity contribution is -0.122. The van der Waals surface area contributed by atoms with E-state index in [1.165, 1.54) is 18.5 Å². The Morgan fingerprint density at radius 3 is 2.91 bits per heavy atom. The van der Waals surface area contributed by atoms with Crippen molar-refractivity contribution < 1.29 is 18.4 Å². The predicted octanol–water partition coefficient (Wildman–Crippen LogP) is 1.68. The highest BCUT2D eigenvalue weighted by atomic mass is 19.1. The molecule has 0 saturated carbocycles. The van der Waals surface area contributed by atoms with Gasteiger partial charge in [-0.15, -0.1) is 0 Å². The Balaban J connectivity index is 1.74. The van der Waals surface area contributed by atoms with Gasteiger partial charge in [-0.05, 0) is 12.1 Å². The summed E-state index contributed by atoms with van der Waals surface area (Å²) in [5.74, 6) is -2.88. The molecule has 0 aliphatic carbocycles. The van der Waals surface area contributed by atoms with Crippen LogP contribution in [0.25, 0.3) is 0 Å². The molecule has 0 radical (unpaired) electrons. The van der Waals surface area contributed by atoms with Gasteiger partial charge in [0, 0.05) is 25.2 Å². The van der Waals surface area contributed by atoms with Gasteiger partial charge in [-0.1, -0.05) is 0 Å². The Bertz CT molecular complexity index is 718. The number of H-pyrrole nitrogens is 1. The molecular formula is C14H12F2N4O2. The number of carbonyl (C=O) groups is 2. The smallest absolute Gasteiger partial charge is 0.229 e. The van der Waals surface area contributed by atoms with E-state index in [9.17, 15) is 18.4 Å². The maximum atomic E-state index is 13.8. The molecule has 2 N–H and O–H groups in total. The molecule has 1 aliphatic heterocycles. The summed E-state index contributed by atoms with van der Waals surface area (Å²) < 4.78 is 26.7. The number of aromatic amines is 1. The Morgan fingerprint density at radius 1 is 1.41 bits per heavy atom. The molecule has 0 bridgehead atoms. The molecule has 22 heavy (non-hydrogen) atoms. The van der Waals surface area contributed by atoms with Crippen molar-refractivity contribution in [2.75, 3.05) is 16.8 Å². The average molecular weight is 306 g/mol. The minimum absolute atomic E-state index is 0.0231. The van der Waals surface area contributed by atoms with Gasteiger partial charge in [0.1, 0.15) is 11.6 Å². The average Bonchev–Trinajstić information content (AvgIpc) is 3.09. The number of rotatable bonds is 3. The molecular weight excluding hydrogens is 294 g/mol. The SMILES string of the molecule is O=C(Nc1cn[nH]c1)[C@H]1CC(=O)N(c2ccc(F)cc2F)C1. The van der Waals surface area contributed by atoms with E-state index in [4.69, 9.17) is 0 Å². The summed E-state index contributed by atoms with van der Waals surface area (Å²) in [4.78, 5) is 25.2. The number of benzene rings is 1. The first-order valence-corrected chi connectivity index (χ1v) is 6.59. The Labute approximate surface area is 124 Å². The number of carbonyl (C=O) groups excluding carboxylic acids is 2. The zero-order chi connectivity index (χ0) is 15.7. The fourth-order valence-electron chi connectivity index (χ4n) is 2.38. The summed E-state index contributed by atoms with van der Waals surface area (Å²) in [5, 5.41) is 8.87. The lowest BCUT2D eigenvalue weighted by Gasteiger charge is -2.17. The molecule has 1 saturated heterocycles. The van der Waals surface area contributed by atoms with Crippen molar-refractivity contribution >= 4 is 23.2 Å². The van der Waals surface area contributed by atoms with Gasteiger partial charge in [-0.25, -0.2) is 8.78 Å². The van der Waals surface area contributed by atoms with E-state index in [2.05, 4.69) is 15.5 Å². The van der Waals surface area contributed by atoms with Crippen molar-refractivity contribution in [1.82, 2.24) is 10.2 Å². The molecule has 0 spiro atoms. The van der Waals surface area contributed by atoms with Crippen LogP contribution in [0.15, 0.2) is 30.6 Å². The summed E-state index contributed by atoms with van der Waals surface area (Å²) in [6.07, 6.45) is 2.92. The number of aromatic nitrogens is 2. The van der Waals surface area contributed by atoms with E-state index in [0.717, 1.165) is 11.0 Å². The van der Waals surface area contributed by atoms with Crippen LogP contribution >= 0.6 is 0 Å². The molecule has 1 atom stereocenters. The number of hydrogen-bond acceptors (Lipinski definition) is 3. The van der Waals surface area contributed by atoms with Gasteiger partial charge in [0.15, 0.2) is 0 Å². The van der Waals surface area contributed by atoms with Crippen LogP contribution in [-0.4, -0.2) is 28.6 Å². The van der Waals surface area contributed by atoms with Gasteiger partial charge in [-0.3, -0.25) is 14.7 Å². The quantitative estimate of drug-likeness (QED) is 0.905. The fraction of sp³-hybridized carbons (Fsp3) is 0.214. The summed E-state index contributed by atoms with van der Waals surface area (Å²) in [5.41, 5.74) is 0.467. The van der Waals surface area contributed by atoms with Crippen LogP contribution < -0.4 is 10.2 Å². The van der Waals surface area contributed by atoms with Crippen LogP contribution in [0.5, 0.6) is 0 Å². The zero-order valence-electron chi connectivity index (χ0n) is 11.3. The molecule has 6 nitrogen and oxygen atoms in total. The maximum absolute atomic E-state index is 13.8. The number of anilines is 2. The minimum Gasteiger partial charge on any atom is -0.323 e. The summed E-state index contributed by atoms with van der Waals surface area (Å²) >= 11 is 0. The van der Waals surface area contributed by atoms with E-state index in [0.29, 0.717) is 11.8 Å². The van der Waals surface area contributed by atoms with Crippen molar-refractivity contribution in [2.24, 2.45) is 5.92 Å². The van der Waals surface area contributed by atoms with Gasteiger partial charge >= 0.3 is 0 Å². The first-order chi connectivity index (χ1) is 10.5. The van der Waals surface area contributed by atoms with Crippen molar-refractivity contribution in [3.8, 4) is 0 Å². The first kappa shape index (κ1) is 14.2. The van der Waals surface area contributed by atoms with Crippen LogP contribution in [0, 0.1) is 17.6 Å². The molecule has 8 heteroatoms. The van der Waals surface area contributed by atoms with E-state index < -0.39 is 17.6 Å². The van der Waals surface area contributed by atoms with Crippen LogP contribution in [0.4, 0.5) is 20.2 Å². The lowest BCUT2D eigenvalue weighted by atomic mass is 10.1. The molecule has 2 aromatic rings. The van der Waals surface area contributed by atoms with Crippen molar-refractivity contribution in [2.45, 2.75) is 6.42 Å². The third-order valence-corrected chi connectivity index (χ3v) is 3.46. The molecule has 3 rings (SSSR count).